The van der Waals surface area contributed by atoms with Gasteiger partial charge in [-0.2, -0.15) is 0 Å². The molecule has 4 heteroatoms. The van der Waals surface area contributed by atoms with E-state index in [0.29, 0.717) is 12.4 Å². The maximum absolute atomic E-state index is 13.3. The van der Waals surface area contributed by atoms with Crippen LogP contribution in [-0.4, -0.2) is 17.7 Å². The minimum Gasteiger partial charge on any atom is -0.493 e. The first-order valence-corrected chi connectivity index (χ1v) is 5.33. The van der Waals surface area contributed by atoms with Gasteiger partial charge in [0.05, 0.1) is 17.5 Å². The van der Waals surface area contributed by atoms with Crippen LogP contribution in [0, 0.1) is 5.82 Å². The fourth-order valence-corrected chi connectivity index (χ4v) is 1.40. The summed E-state index contributed by atoms with van der Waals surface area (Å²) in [5, 5.41) is 0.0913. The Morgan fingerprint density at radius 2 is 2.29 bits per heavy atom. The van der Waals surface area contributed by atoms with Gasteiger partial charge >= 0.3 is 0 Å². The Hall–Kier alpha value is -0.900. The molecule has 1 aromatic carbocycles. The van der Waals surface area contributed by atoms with Crippen LogP contribution in [0.4, 0.5) is 4.39 Å². The third-order valence-electron chi connectivity index (χ3n) is 1.68. The van der Waals surface area contributed by atoms with Crippen LogP contribution in [0.25, 0.3) is 0 Å². The minimum absolute atomic E-state index is 0.0197. The van der Waals surface area contributed by atoms with Gasteiger partial charge in [0.25, 0.3) is 0 Å². The predicted octanol–water partition coefficient (Wildman–Crippen LogP) is 2.80. The highest BCUT2D eigenvalue weighted by atomic mass is 79.9. The van der Waals surface area contributed by atoms with Crippen molar-refractivity contribution in [3.05, 3.63) is 29.6 Å². The molecule has 0 amide bonds. The average molecular weight is 261 g/mol. The number of carbonyl (C=O) groups is 1. The third kappa shape index (κ3) is 2.32. The monoisotopic (exact) mass is 260 g/mol. The Morgan fingerprint density at radius 1 is 1.57 bits per heavy atom. The molecule has 1 rings (SSSR count). The fourth-order valence-electron chi connectivity index (χ4n) is 1.12. The second-order valence-corrected chi connectivity index (χ2v) is 3.16. The first-order chi connectivity index (χ1) is 6.70. The van der Waals surface area contributed by atoms with Crippen molar-refractivity contribution in [2.45, 2.75) is 6.92 Å². The summed E-state index contributed by atoms with van der Waals surface area (Å²) < 4.78 is 18.4. The molecule has 0 aliphatic heterocycles. The lowest BCUT2D eigenvalue weighted by Gasteiger charge is -2.08. The van der Waals surface area contributed by atoms with Crippen LogP contribution in [0.2, 0.25) is 0 Å². The Kier molecular flexibility index (Phi) is 4.07. The summed E-state index contributed by atoms with van der Waals surface area (Å²) in [7, 11) is 0. The van der Waals surface area contributed by atoms with Gasteiger partial charge in [-0.05, 0) is 19.1 Å². The lowest BCUT2D eigenvalue weighted by molar-refractivity contribution is 0.101. The van der Waals surface area contributed by atoms with E-state index in [-0.39, 0.29) is 16.7 Å². The van der Waals surface area contributed by atoms with Crippen molar-refractivity contribution in [1.29, 1.82) is 0 Å². The molecule has 0 atom stereocenters. The van der Waals surface area contributed by atoms with Crippen LogP contribution in [0.1, 0.15) is 17.3 Å². The highest BCUT2D eigenvalue weighted by Crippen LogP contribution is 2.22. The van der Waals surface area contributed by atoms with Crippen LogP contribution in [-0.2, 0) is 0 Å². The summed E-state index contributed by atoms with van der Waals surface area (Å²) in [5.41, 5.74) is 0.0197. The largest absolute Gasteiger partial charge is 0.493 e. The number of hydrogen-bond donors (Lipinski definition) is 0. The number of ketones is 1. The predicted molar refractivity (Wildman–Crippen MR) is 55.7 cm³/mol. The second-order valence-electron chi connectivity index (χ2n) is 2.60. The molecule has 2 nitrogen and oxygen atoms in total. The van der Waals surface area contributed by atoms with Crippen molar-refractivity contribution < 1.29 is 13.9 Å². The standard InChI is InChI=1S/C10H10BrFO2/c1-2-14-9-5-3-4-7(12)10(9)8(13)6-11/h3-5H,2,6H2,1H3. The van der Waals surface area contributed by atoms with Gasteiger partial charge in [0.1, 0.15) is 11.6 Å². The fraction of sp³-hybridized carbons (Fsp3) is 0.300. The van der Waals surface area contributed by atoms with Gasteiger partial charge in [-0.3, -0.25) is 4.79 Å². The van der Waals surface area contributed by atoms with Crippen LogP contribution in [0.3, 0.4) is 0 Å². The highest BCUT2D eigenvalue weighted by Gasteiger charge is 2.16. The van der Waals surface area contributed by atoms with Gasteiger partial charge < -0.3 is 4.74 Å². The van der Waals surface area contributed by atoms with Crippen LogP contribution < -0.4 is 4.74 Å². The lowest BCUT2D eigenvalue weighted by atomic mass is 10.1. The van der Waals surface area contributed by atoms with E-state index in [4.69, 9.17) is 4.74 Å². The topological polar surface area (TPSA) is 26.3 Å². The summed E-state index contributed by atoms with van der Waals surface area (Å²) in [6.45, 7) is 2.19. The zero-order valence-electron chi connectivity index (χ0n) is 7.72. The van der Waals surface area contributed by atoms with Crippen molar-refractivity contribution in [3.8, 4) is 5.75 Å². The first-order valence-electron chi connectivity index (χ1n) is 4.21. The van der Waals surface area contributed by atoms with Crippen molar-refractivity contribution in [2.24, 2.45) is 0 Å². The lowest BCUT2D eigenvalue weighted by Crippen LogP contribution is -2.07. The van der Waals surface area contributed by atoms with E-state index in [2.05, 4.69) is 15.9 Å². The second kappa shape index (κ2) is 5.10. The van der Waals surface area contributed by atoms with Crippen molar-refractivity contribution >= 4 is 21.7 Å². The number of ether oxygens (including phenoxy) is 1. The number of benzene rings is 1. The molecule has 0 unspecified atom stereocenters. The Morgan fingerprint density at radius 3 is 2.86 bits per heavy atom. The van der Waals surface area contributed by atoms with Crippen molar-refractivity contribution in [2.75, 3.05) is 11.9 Å². The van der Waals surface area contributed by atoms with Gasteiger partial charge in [0.15, 0.2) is 5.78 Å². The molecule has 0 aliphatic carbocycles. The van der Waals surface area contributed by atoms with Gasteiger partial charge in [0.2, 0.25) is 0 Å². The molecule has 0 saturated carbocycles. The molecule has 0 fully saturated rings. The maximum atomic E-state index is 13.3. The molecule has 76 valence electrons. The molecule has 0 spiro atoms. The van der Waals surface area contributed by atoms with E-state index >= 15 is 0 Å². The van der Waals surface area contributed by atoms with E-state index < -0.39 is 5.82 Å². The SMILES string of the molecule is CCOc1cccc(F)c1C(=O)CBr. The number of rotatable bonds is 4. The zero-order valence-corrected chi connectivity index (χ0v) is 9.30. The number of Topliss-reactive ketones (excluding diaryl/α,β-unsaturated/α-hetero) is 1. The molecular formula is C10H10BrFO2. The normalized spacial score (nSPS) is 9.93. The van der Waals surface area contributed by atoms with Crippen LogP contribution >= 0.6 is 15.9 Å². The first kappa shape index (κ1) is 11.2. The number of carbonyl (C=O) groups excluding carboxylic acids is 1. The molecule has 0 heterocycles. The molecule has 0 radical (unpaired) electrons. The van der Waals surface area contributed by atoms with E-state index in [1.165, 1.54) is 12.1 Å². The summed E-state index contributed by atoms with van der Waals surface area (Å²) in [6.07, 6.45) is 0. The summed E-state index contributed by atoms with van der Waals surface area (Å²) in [6, 6.07) is 4.35. The molecule has 14 heavy (non-hydrogen) atoms. The van der Waals surface area contributed by atoms with Crippen molar-refractivity contribution in [3.63, 3.8) is 0 Å². The smallest absolute Gasteiger partial charge is 0.180 e. The van der Waals surface area contributed by atoms with Crippen LogP contribution in [0.15, 0.2) is 18.2 Å². The summed E-state index contributed by atoms with van der Waals surface area (Å²) in [5.74, 6) is -0.552. The summed E-state index contributed by atoms with van der Waals surface area (Å²) >= 11 is 3.00. The molecule has 0 N–H and O–H groups in total. The Balaban J connectivity index is 3.15. The third-order valence-corrected chi connectivity index (χ3v) is 2.18. The van der Waals surface area contributed by atoms with Gasteiger partial charge in [-0.15, -0.1) is 0 Å². The zero-order chi connectivity index (χ0) is 10.6. The van der Waals surface area contributed by atoms with E-state index in [0.717, 1.165) is 0 Å². The Bertz CT molecular complexity index is 339. The number of hydrogen-bond acceptors (Lipinski definition) is 2. The number of alkyl halides is 1. The van der Waals surface area contributed by atoms with E-state index in [1.807, 2.05) is 0 Å². The Labute approximate surface area is 90.2 Å². The maximum Gasteiger partial charge on any atom is 0.180 e. The molecule has 0 saturated heterocycles. The average Bonchev–Trinajstić information content (AvgIpc) is 2.18. The van der Waals surface area contributed by atoms with E-state index in [1.54, 1.807) is 13.0 Å². The van der Waals surface area contributed by atoms with Crippen molar-refractivity contribution in [1.82, 2.24) is 0 Å². The molecule has 1 aromatic rings. The summed E-state index contributed by atoms with van der Waals surface area (Å²) in [4.78, 5) is 11.4. The highest BCUT2D eigenvalue weighted by molar-refractivity contribution is 9.09. The molecule has 0 aromatic heterocycles. The minimum atomic E-state index is -0.541. The number of halogens is 2. The molecule has 0 bridgehead atoms. The van der Waals surface area contributed by atoms with Crippen LogP contribution in [0.5, 0.6) is 5.75 Å². The van der Waals surface area contributed by atoms with Gasteiger partial charge in [-0.1, -0.05) is 22.0 Å². The molecule has 0 aliphatic rings. The quantitative estimate of drug-likeness (QED) is 0.615. The van der Waals surface area contributed by atoms with Gasteiger partial charge in [-0.25, -0.2) is 4.39 Å². The van der Waals surface area contributed by atoms with Gasteiger partial charge in [0, 0.05) is 0 Å². The molecular weight excluding hydrogens is 251 g/mol. The van der Waals surface area contributed by atoms with E-state index in [9.17, 15) is 9.18 Å².